The van der Waals surface area contributed by atoms with Crippen LogP contribution < -0.4 is 5.32 Å². The number of hydrogen-bond acceptors (Lipinski definition) is 5. The molecule has 2 rings (SSSR count). The third kappa shape index (κ3) is 3.62. The standard InChI is InChI=1S/C14H23N3O3/c1-13(2,3)20-12(18)17-8-11(9-17)16-14(10-15)4-6-19-7-5-14/h11,16H,4-9H2,1-3H3. The zero-order valence-corrected chi connectivity index (χ0v) is 12.4. The van der Waals surface area contributed by atoms with E-state index < -0.39 is 11.1 Å². The van der Waals surface area contributed by atoms with Gasteiger partial charge < -0.3 is 14.4 Å². The first-order valence-electron chi connectivity index (χ1n) is 7.08. The summed E-state index contributed by atoms with van der Waals surface area (Å²) in [6.07, 6.45) is 1.12. The smallest absolute Gasteiger partial charge is 0.410 e. The maximum atomic E-state index is 11.8. The molecule has 0 radical (unpaired) electrons. The van der Waals surface area contributed by atoms with Crippen LogP contribution in [0.25, 0.3) is 0 Å². The van der Waals surface area contributed by atoms with Gasteiger partial charge in [-0.15, -0.1) is 0 Å². The Bertz CT molecular complexity index is 399. The summed E-state index contributed by atoms with van der Waals surface area (Å²) in [5, 5.41) is 12.7. The average molecular weight is 281 g/mol. The summed E-state index contributed by atoms with van der Waals surface area (Å²) in [5.74, 6) is 0. The second-order valence-electron chi connectivity index (χ2n) is 6.53. The molecule has 2 aliphatic heterocycles. The Labute approximate surface area is 120 Å². The highest BCUT2D eigenvalue weighted by molar-refractivity contribution is 5.69. The second-order valence-corrected chi connectivity index (χ2v) is 6.53. The predicted molar refractivity (Wildman–Crippen MR) is 73.1 cm³/mol. The SMILES string of the molecule is CC(C)(C)OC(=O)N1CC(NC2(C#N)CCOCC2)C1. The number of rotatable bonds is 2. The highest BCUT2D eigenvalue weighted by Gasteiger charge is 2.40. The second kappa shape index (κ2) is 5.58. The normalized spacial score (nSPS) is 22.8. The molecular weight excluding hydrogens is 258 g/mol. The van der Waals surface area contributed by atoms with Crippen molar-refractivity contribution in [3.05, 3.63) is 0 Å². The monoisotopic (exact) mass is 281 g/mol. The summed E-state index contributed by atoms with van der Waals surface area (Å²) >= 11 is 0. The Balaban J connectivity index is 1.79. The molecule has 6 heteroatoms. The molecule has 0 aromatic heterocycles. The van der Waals surface area contributed by atoms with Crippen LogP contribution in [-0.4, -0.2) is 54.5 Å². The lowest BCUT2D eigenvalue weighted by Crippen LogP contribution is -2.66. The topological polar surface area (TPSA) is 74.6 Å². The van der Waals surface area contributed by atoms with Crippen molar-refractivity contribution in [1.82, 2.24) is 10.2 Å². The van der Waals surface area contributed by atoms with Crippen LogP contribution in [0.3, 0.4) is 0 Å². The van der Waals surface area contributed by atoms with E-state index in [1.165, 1.54) is 0 Å². The van der Waals surface area contributed by atoms with Crippen molar-refractivity contribution in [3.63, 3.8) is 0 Å². The molecular formula is C14H23N3O3. The van der Waals surface area contributed by atoms with E-state index in [1.54, 1.807) is 4.90 Å². The number of nitrogens with one attached hydrogen (secondary N) is 1. The molecule has 112 valence electrons. The maximum Gasteiger partial charge on any atom is 0.410 e. The molecule has 0 atom stereocenters. The molecule has 1 amide bonds. The number of likely N-dealkylation sites (tertiary alicyclic amines) is 1. The van der Waals surface area contributed by atoms with Crippen LogP contribution in [0.4, 0.5) is 4.79 Å². The van der Waals surface area contributed by atoms with Gasteiger partial charge in [-0.1, -0.05) is 0 Å². The van der Waals surface area contributed by atoms with Gasteiger partial charge in [0.15, 0.2) is 0 Å². The minimum atomic E-state index is -0.497. The molecule has 0 aromatic rings. The number of amides is 1. The summed E-state index contributed by atoms with van der Waals surface area (Å²) in [6.45, 7) is 7.98. The minimum Gasteiger partial charge on any atom is -0.444 e. The van der Waals surface area contributed by atoms with Gasteiger partial charge in [0.2, 0.25) is 0 Å². The molecule has 0 aromatic carbocycles. The Kier molecular flexibility index (Phi) is 4.21. The van der Waals surface area contributed by atoms with Gasteiger partial charge in [0.25, 0.3) is 0 Å². The van der Waals surface area contributed by atoms with Gasteiger partial charge in [-0.3, -0.25) is 5.32 Å². The fraction of sp³-hybridized carbons (Fsp3) is 0.857. The van der Waals surface area contributed by atoms with E-state index in [4.69, 9.17) is 9.47 Å². The van der Waals surface area contributed by atoms with Crippen LogP contribution in [0, 0.1) is 11.3 Å². The van der Waals surface area contributed by atoms with Crippen LogP contribution in [0.1, 0.15) is 33.6 Å². The van der Waals surface area contributed by atoms with Gasteiger partial charge in [-0.2, -0.15) is 5.26 Å². The van der Waals surface area contributed by atoms with Crippen LogP contribution in [0.5, 0.6) is 0 Å². The highest BCUT2D eigenvalue weighted by Crippen LogP contribution is 2.23. The fourth-order valence-electron chi connectivity index (χ4n) is 2.44. The van der Waals surface area contributed by atoms with Crippen LogP contribution in [-0.2, 0) is 9.47 Å². The Hall–Kier alpha value is -1.32. The molecule has 2 heterocycles. The number of carbonyl (C=O) groups excluding carboxylic acids is 1. The predicted octanol–water partition coefficient (Wildman–Crippen LogP) is 1.27. The number of nitriles is 1. The molecule has 6 nitrogen and oxygen atoms in total. The fourth-order valence-corrected chi connectivity index (χ4v) is 2.44. The quantitative estimate of drug-likeness (QED) is 0.825. The third-order valence-corrected chi connectivity index (χ3v) is 3.57. The van der Waals surface area contributed by atoms with Gasteiger partial charge >= 0.3 is 6.09 Å². The maximum absolute atomic E-state index is 11.8. The van der Waals surface area contributed by atoms with E-state index in [0.29, 0.717) is 39.1 Å². The van der Waals surface area contributed by atoms with E-state index in [2.05, 4.69) is 11.4 Å². The molecule has 2 saturated heterocycles. The lowest BCUT2D eigenvalue weighted by atomic mass is 9.89. The summed E-state index contributed by atoms with van der Waals surface area (Å²) in [4.78, 5) is 13.5. The molecule has 2 aliphatic rings. The van der Waals surface area contributed by atoms with Gasteiger partial charge in [0.05, 0.1) is 6.07 Å². The number of hydrogen-bond donors (Lipinski definition) is 1. The first-order chi connectivity index (χ1) is 9.34. The largest absolute Gasteiger partial charge is 0.444 e. The van der Waals surface area contributed by atoms with Crippen molar-refractivity contribution in [2.45, 2.75) is 50.8 Å². The molecule has 0 unspecified atom stereocenters. The zero-order chi connectivity index (χ0) is 14.8. The van der Waals surface area contributed by atoms with Gasteiger partial charge in [-0.25, -0.2) is 4.79 Å². The van der Waals surface area contributed by atoms with Crippen LogP contribution in [0.2, 0.25) is 0 Å². The molecule has 0 aliphatic carbocycles. The van der Waals surface area contributed by atoms with Crippen LogP contribution in [0.15, 0.2) is 0 Å². The Morgan fingerprint density at radius 3 is 2.50 bits per heavy atom. The molecule has 0 spiro atoms. The third-order valence-electron chi connectivity index (χ3n) is 3.57. The van der Waals surface area contributed by atoms with E-state index in [-0.39, 0.29) is 12.1 Å². The summed E-state index contributed by atoms with van der Waals surface area (Å²) in [7, 11) is 0. The summed E-state index contributed by atoms with van der Waals surface area (Å²) < 4.78 is 10.6. The Morgan fingerprint density at radius 2 is 2.00 bits per heavy atom. The molecule has 2 fully saturated rings. The van der Waals surface area contributed by atoms with Gasteiger partial charge in [0.1, 0.15) is 11.1 Å². The van der Waals surface area contributed by atoms with Crippen molar-refractivity contribution in [1.29, 1.82) is 5.26 Å². The van der Waals surface area contributed by atoms with Gasteiger partial charge in [-0.05, 0) is 20.8 Å². The molecule has 0 bridgehead atoms. The number of ether oxygens (including phenoxy) is 2. The number of nitrogens with zero attached hydrogens (tertiary/aromatic N) is 2. The number of carbonyl (C=O) groups is 1. The van der Waals surface area contributed by atoms with Crippen molar-refractivity contribution in [2.24, 2.45) is 0 Å². The van der Waals surface area contributed by atoms with Crippen molar-refractivity contribution < 1.29 is 14.3 Å². The van der Waals surface area contributed by atoms with Crippen molar-refractivity contribution in [3.8, 4) is 6.07 Å². The molecule has 0 saturated carbocycles. The minimum absolute atomic E-state index is 0.167. The highest BCUT2D eigenvalue weighted by atomic mass is 16.6. The van der Waals surface area contributed by atoms with E-state index in [1.807, 2.05) is 20.8 Å². The Morgan fingerprint density at radius 1 is 1.40 bits per heavy atom. The first kappa shape index (κ1) is 15.1. The average Bonchev–Trinajstić information content (AvgIpc) is 2.32. The first-order valence-corrected chi connectivity index (χ1v) is 7.08. The van der Waals surface area contributed by atoms with E-state index >= 15 is 0 Å². The molecule has 20 heavy (non-hydrogen) atoms. The summed E-state index contributed by atoms with van der Waals surface area (Å²) in [6, 6.07) is 2.54. The van der Waals surface area contributed by atoms with Gasteiger partial charge in [0, 0.05) is 45.2 Å². The zero-order valence-electron chi connectivity index (χ0n) is 12.4. The summed E-state index contributed by atoms with van der Waals surface area (Å²) in [5.41, 5.74) is -0.965. The van der Waals surface area contributed by atoms with E-state index in [9.17, 15) is 10.1 Å². The lowest BCUT2D eigenvalue weighted by Gasteiger charge is -2.44. The van der Waals surface area contributed by atoms with Crippen molar-refractivity contribution >= 4 is 6.09 Å². The van der Waals surface area contributed by atoms with E-state index in [0.717, 1.165) is 0 Å². The lowest BCUT2D eigenvalue weighted by molar-refractivity contribution is -0.00338. The van der Waals surface area contributed by atoms with Crippen molar-refractivity contribution in [2.75, 3.05) is 26.3 Å². The van der Waals surface area contributed by atoms with Crippen LogP contribution >= 0.6 is 0 Å². The molecule has 1 N–H and O–H groups in total.